The molecule has 0 radical (unpaired) electrons. The molecule has 0 saturated carbocycles. The van der Waals surface area contributed by atoms with Gasteiger partial charge < -0.3 is 30.2 Å². The fourth-order valence-corrected chi connectivity index (χ4v) is 5.47. The molecule has 2 aliphatic heterocycles. The second kappa shape index (κ2) is 8.86. The first-order chi connectivity index (χ1) is 15.9. The Balaban J connectivity index is 1.38. The van der Waals surface area contributed by atoms with E-state index in [1.165, 1.54) is 0 Å². The van der Waals surface area contributed by atoms with Crippen LogP contribution < -0.4 is 30.9 Å². The van der Waals surface area contributed by atoms with Crippen LogP contribution in [-0.4, -0.2) is 55.6 Å². The Bertz CT molecular complexity index is 1230. The molecule has 0 aliphatic carbocycles. The predicted octanol–water partition coefficient (Wildman–Crippen LogP) is 4.04. The lowest BCUT2D eigenvalue weighted by Gasteiger charge is -2.42. The molecule has 0 spiro atoms. The van der Waals surface area contributed by atoms with Crippen LogP contribution in [0.2, 0.25) is 5.02 Å². The predicted molar refractivity (Wildman–Crippen MR) is 135 cm³/mol. The lowest BCUT2D eigenvalue weighted by molar-refractivity contribution is 0.247. The number of ether oxygens (including phenoxy) is 1. The molecule has 3 aromatic rings. The number of hydrogen-bond acceptors (Lipinski definition) is 8. The van der Waals surface area contributed by atoms with Crippen LogP contribution in [0, 0.1) is 0 Å². The Hall–Kier alpha value is -2.80. The van der Waals surface area contributed by atoms with Crippen molar-refractivity contribution >= 4 is 52.9 Å². The Morgan fingerprint density at radius 3 is 2.91 bits per heavy atom. The molecule has 8 nitrogen and oxygen atoms in total. The molecule has 10 heteroatoms. The summed E-state index contributed by atoms with van der Waals surface area (Å²) in [6.45, 7) is 7.01. The normalized spacial score (nSPS) is 17.5. The van der Waals surface area contributed by atoms with Gasteiger partial charge in [-0.3, -0.25) is 0 Å². The number of nitrogens with one attached hydrogen (secondary N) is 3. The number of hydrogen-bond donors (Lipinski definition) is 3. The quantitative estimate of drug-likeness (QED) is 0.467. The van der Waals surface area contributed by atoms with Gasteiger partial charge in [0.25, 0.3) is 0 Å². The topological polar surface area (TPSA) is 91.4 Å². The molecule has 33 heavy (non-hydrogen) atoms. The zero-order valence-electron chi connectivity index (χ0n) is 18.5. The Morgan fingerprint density at radius 2 is 2.06 bits per heavy atom. The van der Waals surface area contributed by atoms with Crippen LogP contribution >= 0.6 is 18.7 Å². The lowest BCUT2D eigenvalue weighted by atomic mass is 10.1. The summed E-state index contributed by atoms with van der Waals surface area (Å²) in [5, 5.41) is 11.0. The maximum atomic E-state index is 12.7. The van der Waals surface area contributed by atoms with Crippen LogP contribution in [0.3, 0.4) is 0 Å². The summed E-state index contributed by atoms with van der Waals surface area (Å²) < 4.78 is 18.7. The molecule has 1 saturated heterocycles. The van der Waals surface area contributed by atoms with Crippen LogP contribution in [0.1, 0.15) is 0 Å². The highest BCUT2D eigenvalue weighted by Crippen LogP contribution is 2.39. The number of aromatic nitrogens is 2. The minimum atomic E-state index is -2.48. The molecular formula is C23H26ClN6O2P. The van der Waals surface area contributed by atoms with E-state index in [1.807, 2.05) is 36.4 Å². The van der Waals surface area contributed by atoms with E-state index >= 15 is 0 Å². The second-order valence-corrected chi connectivity index (χ2v) is 12.1. The van der Waals surface area contributed by atoms with E-state index in [4.69, 9.17) is 16.3 Å². The van der Waals surface area contributed by atoms with Crippen molar-refractivity contribution < 1.29 is 9.30 Å². The zero-order valence-corrected chi connectivity index (χ0v) is 20.2. The van der Waals surface area contributed by atoms with Crippen molar-refractivity contribution in [2.75, 3.05) is 55.1 Å². The Morgan fingerprint density at radius 1 is 1.21 bits per heavy atom. The molecule has 1 atom stereocenters. The fraction of sp³-hybridized carbons (Fsp3) is 0.304. The van der Waals surface area contributed by atoms with Gasteiger partial charge in [0, 0.05) is 36.7 Å². The van der Waals surface area contributed by atoms with Crippen LogP contribution in [0.25, 0.3) is 0 Å². The highest BCUT2D eigenvalue weighted by atomic mass is 35.5. The van der Waals surface area contributed by atoms with Crippen LogP contribution in [0.4, 0.5) is 28.8 Å². The van der Waals surface area contributed by atoms with Crippen molar-refractivity contribution in [3.05, 3.63) is 53.7 Å². The van der Waals surface area contributed by atoms with Crippen LogP contribution in [0.15, 0.2) is 48.7 Å². The summed E-state index contributed by atoms with van der Waals surface area (Å²) in [7, 11) is -2.48. The molecule has 3 heterocycles. The van der Waals surface area contributed by atoms with Gasteiger partial charge in [-0.25, -0.2) is 4.98 Å². The molecule has 2 aromatic carbocycles. The monoisotopic (exact) mass is 484 g/mol. The fourth-order valence-electron chi connectivity index (χ4n) is 4.18. The van der Waals surface area contributed by atoms with E-state index in [2.05, 4.69) is 36.9 Å². The molecule has 0 amide bonds. The lowest BCUT2D eigenvalue weighted by Crippen LogP contribution is -2.55. The number of anilines is 5. The van der Waals surface area contributed by atoms with Gasteiger partial charge in [0.1, 0.15) is 24.5 Å². The molecular weight excluding hydrogens is 459 g/mol. The van der Waals surface area contributed by atoms with Gasteiger partial charge in [0.15, 0.2) is 5.82 Å². The molecule has 0 bridgehead atoms. The van der Waals surface area contributed by atoms with E-state index in [1.54, 1.807) is 19.5 Å². The van der Waals surface area contributed by atoms with Gasteiger partial charge in [-0.1, -0.05) is 23.7 Å². The van der Waals surface area contributed by atoms with Crippen LogP contribution in [-0.2, 0) is 4.57 Å². The number of rotatable bonds is 5. The Labute approximate surface area is 198 Å². The Kier molecular flexibility index (Phi) is 5.91. The van der Waals surface area contributed by atoms with Gasteiger partial charge in [0.2, 0.25) is 5.95 Å². The second-order valence-electron chi connectivity index (χ2n) is 8.55. The van der Waals surface area contributed by atoms with Crippen LogP contribution in [0.5, 0.6) is 5.75 Å². The zero-order chi connectivity index (χ0) is 23.0. The first-order valence-corrected chi connectivity index (χ1v) is 13.8. The summed E-state index contributed by atoms with van der Waals surface area (Å²) in [6.07, 6.45) is 1.54. The summed E-state index contributed by atoms with van der Waals surface area (Å²) in [5.41, 5.74) is 2.64. The maximum Gasteiger partial charge on any atom is 0.229 e. The number of benzene rings is 2. The molecule has 0 unspecified atom stereocenters. The number of para-hydroxylation sites is 1. The maximum absolute atomic E-state index is 12.7. The van der Waals surface area contributed by atoms with E-state index in [0.29, 0.717) is 35.1 Å². The third-order valence-electron chi connectivity index (χ3n) is 5.79. The van der Waals surface area contributed by atoms with E-state index in [9.17, 15) is 4.57 Å². The standard InChI is InChI=1S/C23H26ClN6O2P/c1-33(2,31)21-6-4-3-5-18(21)28-22-17(24)13-26-23(29-22)27-15-7-8-19-20(11-15)32-14-16-12-25-9-10-30(16)19/h3-8,11,13,16,25H,9-10,12,14H2,1-2H3,(H2,26,27,28,29)/t16-/m1/s1. The number of nitrogens with zero attached hydrogens (tertiary/aromatic N) is 3. The first-order valence-electron chi connectivity index (χ1n) is 10.8. The number of piperazine rings is 1. The average molecular weight is 485 g/mol. The van der Waals surface area contributed by atoms with E-state index < -0.39 is 7.14 Å². The van der Waals surface area contributed by atoms with Gasteiger partial charge in [-0.05, 0) is 37.6 Å². The summed E-state index contributed by atoms with van der Waals surface area (Å²) in [4.78, 5) is 11.3. The van der Waals surface area contributed by atoms with Crippen molar-refractivity contribution in [2.24, 2.45) is 0 Å². The summed E-state index contributed by atoms with van der Waals surface area (Å²) >= 11 is 6.36. The van der Waals surface area contributed by atoms with E-state index in [-0.39, 0.29) is 0 Å². The van der Waals surface area contributed by atoms with Gasteiger partial charge in [-0.15, -0.1) is 0 Å². The SMILES string of the molecule is CP(C)(=O)c1ccccc1Nc1nc(Nc2ccc3c(c2)OC[C@H]2CNCCN32)ncc1Cl. The van der Waals surface area contributed by atoms with E-state index in [0.717, 1.165) is 42.1 Å². The van der Waals surface area contributed by atoms with Crippen molar-refractivity contribution in [3.8, 4) is 5.75 Å². The van der Waals surface area contributed by atoms with Gasteiger partial charge in [0.05, 0.1) is 23.6 Å². The number of halogens is 1. The first kappa shape index (κ1) is 22.0. The molecule has 172 valence electrons. The van der Waals surface area contributed by atoms with Gasteiger partial charge in [-0.2, -0.15) is 4.98 Å². The number of fused-ring (bicyclic) bond motifs is 3. The van der Waals surface area contributed by atoms with Crippen molar-refractivity contribution in [3.63, 3.8) is 0 Å². The highest BCUT2D eigenvalue weighted by Gasteiger charge is 2.29. The average Bonchev–Trinajstić information content (AvgIpc) is 2.81. The smallest absolute Gasteiger partial charge is 0.229 e. The molecule has 1 aromatic heterocycles. The highest BCUT2D eigenvalue weighted by molar-refractivity contribution is 7.70. The van der Waals surface area contributed by atoms with Crippen molar-refractivity contribution in [1.82, 2.24) is 15.3 Å². The third kappa shape index (κ3) is 4.64. The summed E-state index contributed by atoms with van der Waals surface area (Å²) in [5.74, 6) is 1.68. The van der Waals surface area contributed by atoms with Gasteiger partial charge >= 0.3 is 0 Å². The molecule has 1 fully saturated rings. The van der Waals surface area contributed by atoms with Crippen molar-refractivity contribution in [2.45, 2.75) is 6.04 Å². The van der Waals surface area contributed by atoms with Crippen molar-refractivity contribution in [1.29, 1.82) is 0 Å². The minimum absolute atomic E-state index is 0.364. The third-order valence-corrected chi connectivity index (χ3v) is 7.62. The summed E-state index contributed by atoms with van der Waals surface area (Å²) in [6, 6.07) is 13.9. The molecule has 2 aliphatic rings. The minimum Gasteiger partial charge on any atom is -0.489 e. The molecule has 3 N–H and O–H groups in total. The molecule has 5 rings (SSSR count). The largest absolute Gasteiger partial charge is 0.489 e.